The van der Waals surface area contributed by atoms with Crippen LogP contribution in [0.3, 0.4) is 0 Å². The van der Waals surface area contributed by atoms with Gasteiger partial charge in [-0.15, -0.1) is 11.3 Å². The van der Waals surface area contributed by atoms with E-state index in [4.69, 9.17) is 0 Å². The predicted molar refractivity (Wildman–Crippen MR) is 113 cm³/mol. The highest BCUT2D eigenvalue weighted by Crippen LogP contribution is 2.29. The summed E-state index contributed by atoms with van der Waals surface area (Å²) in [4.78, 5) is 17.6. The maximum absolute atomic E-state index is 12.6. The molecular weight excluding hydrogens is 481 g/mol. The standard InChI is InChI=1S/C20H12BrF3N4OS/c21-15-7-3-12(4-8-15)17-16(28-9-10-30-19(28)26-17)11-25-27-18(29)13-1-5-14(6-2-13)20(22,23)24/h1-11H,(H,27,29)/b25-11+. The smallest absolute Gasteiger partial charge is 0.289 e. The number of carbonyl (C=O) groups is 1. The summed E-state index contributed by atoms with van der Waals surface area (Å²) in [5.74, 6) is -0.615. The van der Waals surface area contributed by atoms with Crippen LogP contribution in [0.2, 0.25) is 0 Å². The molecule has 4 rings (SSSR count). The van der Waals surface area contributed by atoms with Gasteiger partial charge in [0.2, 0.25) is 0 Å². The number of hydrogen-bond acceptors (Lipinski definition) is 4. The number of halogens is 4. The molecule has 0 spiro atoms. The third kappa shape index (κ3) is 4.14. The third-order valence-corrected chi connectivity index (χ3v) is 5.53. The molecule has 0 aliphatic heterocycles. The molecule has 4 aromatic rings. The second-order valence-electron chi connectivity index (χ2n) is 6.18. The number of aromatic nitrogens is 2. The predicted octanol–water partition coefficient (Wildman–Crippen LogP) is 5.61. The van der Waals surface area contributed by atoms with E-state index in [1.165, 1.54) is 17.6 Å². The molecule has 0 fully saturated rings. The minimum absolute atomic E-state index is 0.0715. The van der Waals surface area contributed by atoms with Gasteiger partial charge in [-0.1, -0.05) is 28.1 Å². The van der Waals surface area contributed by atoms with Gasteiger partial charge in [0.15, 0.2) is 4.96 Å². The lowest BCUT2D eigenvalue weighted by atomic mass is 10.1. The SMILES string of the molecule is O=C(N/N=C/c1c(-c2ccc(Br)cc2)nc2sccn12)c1ccc(C(F)(F)F)cc1. The molecule has 0 radical (unpaired) electrons. The summed E-state index contributed by atoms with van der Waals surface area (Å²) in [6.45, 7) is 0. The fourth-order valence-electron chi connectivity index (χ4n) is 2.77. The number of alkyl halides is 3. The van der Waals surface area contributed by atoms with Crippen LogP contribution in [0.4, 0.5) is 13.2 Å². The van der Waals surface area contributed by atoms with Crippen molar-refractivity contribution in [1.29, 1.82) is 0 Å². The Morgan fingerprint density at radius 2 is 1.83 bits per heavy atom. The maximum atomic E-state index is 12.6. The molecule has 5 nitrogen and oxygen atoms in total. The zero-order chi connectivity index (χ0) is 21.3. The molecule has 0 aliphatic carbocycles. The number of carbonyl (C=O) groups excluding carboxylic acids is 1. The van der Waals surface area contributed by atoms with E-state index in [2.05, 4.69) is 31.4 Å². The van der Waals surface area contributed by atoms with Gasteiger partial charge in [-0.3, -0.25) is 9.20 Å². The number of hydrogen-bond donors (Lipinski definition) is 1. The lowest BCUT2D eigenvalue weighted by Crippen LogP contribution is -2.18. The summed E-state index contributed by atoms with van der Waals surface area (Å²) >= 11 is 4.86. The largest absolute Gasteiger partial charge is 0.416 e. The third-order valence-electron chi connectivity index (χ3n) is 4.24. The molecule has 0 atom stereocenters. The fraction of sp³-hybridized carbons (Fsp3) is 0.0500. The highest BCUT2D eigenvalue weighted by atomic mass is 79.9. The van der Waals surface area contributed by atoms with Crippen LogP contribution in [0.5, 0.6) is 0 Å². The molecule has 1 amide bonds. The van der Waals surface area contributed by atoms with Crippen molar-refractivity contribution in [2.45, 2.75) is 6.18 Å². The Balaban J connectivity index is 1.57. The van der Waals surface area contributed by atoms with Crippen molar-refractivity contribution in [3.05, 3.63) is 81.4 Å². The molecule has 2 aromatic carbocycles. The Kier molecular flexibility index (Phi) is 5.44. The summed E-state index contributed by atoms with van der Waals surface area (Å²) < 4.78 is 40.7. The number of benzene rings is 2. The summed E-state index contributed by atoms with van der Waals surface area (Å²) in [7, 11) is 0. The maximum Gasteiger partial charge on any atom is 0.416 e. The van der Waals surface area contributed by atoms with Crippen LogP contribution in [-0.2, 0) is 6.18 Å². The van der Waals surface area contributed by atoms with Crippen LogP contribution in [0, 0.1) is 0 Å². The monoisotopic (exact) mass is 492 g/mol. The Morgan fingerprint density at radius 3 is 2.50 bits per heavy atom. The van der Waals surface area contributed by atoms with E-state index in [9.17, 15) is 18.0 Å². The highest BCUT2D eigenvalue weighted by Gasteiger charge is 2.30. The van der Waals surface area contributed by atoms with Crippen LogP contribution < -0.4 is 5.43 Å². The van der Waals surface area contributed by atoms with Crippen molar-refractivity contribution in [2.24, 2.45) is 5.10 Å². The number of thiazole rings is 1. The molecule has 2 aromatic heterocycles. The van der Waals surface area contributed by atoms with E-state index in [1.807, 2.05) is 40.2 Å². The Bertz CT molecular complexity index is 1230. The van der Waals surface area contributed by atoms with E-state index in [-0.39, 0.29) is 5.56 Å². The molecule has 30 heavy (non-hydrogen) atoms. The molecule has 0 saturated heterocycles. The summed E-state index contributed by atoms with van der Waals surface area (Å²) in [6, 6.07) is 11.6. The van der Waals surface area contributed by atoms with E-state index in [1.54, 1.807) is 0 Å². The molecule has 10 heteroatoms. The van der Waals surface area contributed by atoms with Crippen molar-refractivity contribution in [3.63, 3.8) is 0 Å². The zero-order valence-corrected chi connectivity index (χ0v) is 17.4. The molecular formula is C20H12BrF3N4OS. The van der Waals surface area contributed by atoms with Gasteiger partial charge >= 0.3 is 6.18 Å². The van der Waals surface area contributed by atoms with Gasteiger partial charge in [-0.2, -0.15) is 18.3 Å². The topological polar surface area (TPSA) is 58.8 Å². The zero-order valence-electron chi connectivity index (χ0n) is 15.0. The average molecular weight is 493 g/mol. The first-order valence-corrected chi connectivity index (χ1v) is 10.2. The molecule has 0 unspecified atom stereocenters. The van der Waals surface area contributed by atoms with Gasteiger partial charge in [-0.25, -0.2) is 10.4 Å². The van der Waals surface area contributed by atoms with Crippen LogP contribution in [0.1, 0.15) is 21.6 Å². The van der Waals surface area contributed by atoms with E-state index >= 15 is 0 Å². The van der Waals surface area contributed by atoms with Crippen molar-refractivity contribution in [2.75, 3.05) is 0 Å². The van der Waals surface area contributed by atoms with Crippen molar-refractivity contribution in [1.82, 2.24) is 14.8 Å². The number of amides is 1. The lowest BCUT2D eigenvalue weighted by molar-refractivity contribution is -0.137. The van der Waals surface area contributed by atoms with Gasteiger partial charge in [0.1, 0.15) is 0 Å². The minimum Gasteiger partial charge on any atom is -0.289 e. The molecule has 0 saturated carbocycles. The lowest BCUT2D eigenvalue weighted by Gasteiger charge is -2.06. The molecule has 2 heterocycles. The highest BCUT2D eigenvalue weighted by molar-refractivity contribution is 9.10. The molecule has 0 aliphatic rings. The van der Waals surface area contributed by atoms with Gasteiger partial charge < -0.3 is 0 Å². The summed E-state index contributed by atoms with van der Waals surface area (Å²) in [5.41, 5.74) is 3.84. The van der Waals surface area contributed by atoms with Crippen molar-refractivity contribution < 1.29 is 18.0 Å². The van der Waals surface area contributed by atoms with Crippen molar-refractivity contribution in [3.8, 4) is 11.3 Å². The van der Waals surface area contributed by atoms with Crippen LogP contribution in [0.25, 0.3) is 16.2 Å². The number of rotatable bonds is 4. The first-order valence-electron chi connectivity index (χ1n) is 8.55. The van der Waals surface area contributed by atoms with Crippen LogP contribution in [0.15, 0.2) is 69.7 Å². The Labute approximate surface area is 181 Å². The first kappa shape index (κ1) is 20.3. The van der Waals surface area contributed by atoms with Gasteiger partial charge in [-0.05, 0) is 36.4 Å². The number of fused-ring (bicyclic) bond motifs is 1. The van der Waals surface area contributed by atoms with Gasteiger partial charge in [0.25, 0.3) is 5.91 Å². The second-order valence-corrected chi connectivity index (χ2v) is 7.97. The molecule has 1 N–H and O–H groups in total. The number of hydrazone groups is 1. The van der Waals surface area contributed by atoms with Gasteiger partial charge in [0.05, 0.1) is 23.2 Å². The molecule has 152 valence electrons. The quantitative estimate of drug-likeness (QED) is 0.297. The van der Waals surface area contributed by atoms with E-state index in [0.29, 0.717) is 11.4 Å². The van der Waals surface area contributed by atoms with Gasteiger partial charge in [0, 0.05) is 27.2 Å². The Hall–Kier alpha value is -2.98. The normalized spacial score (nSPS) is 12.0. The van der Waals surface area contributed by atoms with Crippen molar-refractivity contribution >= 4 is 44.3 Å². The number of nitrogens with one attached hydrogen (secondary N) is 1. The first-order chi connectivity index (χ1) is 14.3. The van der Waals surface area contributed by atoms with Crippen LogP contribution >= 0.6 is 27.3 Å². The minimum atomic E-state index is -4.45. The van der Waals surface area contributed by atoms with E-state index in [0.717, 1.165) is 39.3 Å². The average Bonchev–Trinajstić information content (AvgIpc) is 3.30. The van der Waals surface area contributed by atoms with Crippen LogP contribution in [-0.4, -0.2) is 21.5 Å². The summed E-state index contributed by atoms with van der Waals surface area (Å²) in [6.07, 6.45) is -1.15. The second kappa shape index (κ2) is 8.04. The number of imidazole rings is 1. The fourth-order valence-corrected chi connectivity index (χ4v) is 3.76. The van der Waals surface area contributed by atoms with E-state index < -0.39 is 17.6 Å². The number of nitrogens with zero attached hydrogens (tertiary/aromatic N) is 3. The Morgan fingerprint density at radius 1 is 1.13 bits per heavy atom. The molecule has 0 bridgehead atoms. The summed E-state index contributed by atoms with van der Waals surface area (Å²) in [5, 5.41) is 5.86.